The van der Waals surface area contributed by atoms with Gasteiger partial charge in [0.15, 0.2) is 5.16 Å². The van der Waals surface area contributed by atoms with Crippen LogP contribution in [0, 0.1) is 13.8 Å². The molecule has 0 bridgehead atoms. The number of hydrogen-bond donors (Lipinski definition) is 3. The van der Waals surface area contributed by atoms with E-state index in [-0.39, 0.29) is 23.7 Å². The maximum atomic E-state index is 13.0. The van der Waals surface area contributed by atoms with Crippen LogP contribution >= 0.6 is 23.4 Å². The van der Waals surface area contributed by atoms with Crippen LogP contribution in [-0.2, 0) is 15.3 Å². The van der Waals surface area contributed by atoms with Crippen molar-refractivity contribution in [2.45, 2.75) is 37.1 Å². The van der Waals surface area contributed by atoms with E-state index in [1.807, 2.05) is 50.2 Å². The minimum absolute atomic E-state index is 0.122. The number of nitrogens with zero attached hydrogens (tertiary/aromatic N) is 1. The molecule has 1 atom stereocenters. The monoisotopic (exact) mass is 468 g/mol. The zero-order valence-electron chi connectivity index (χ0n) is 17.5. The highest BCUT2D eigenvalue weighted by Gasteiger charge is 2.35. The van der Waals surface area contributed by atoms with Gasteiger partial charge in [-0.25, -0.2) is 4.98 Å². The lowest BCUT2D eigenvalue weighted by atomic mass is 9.92. The van der Waals surface area contributed by atoms with Crippen molar-refractivity contribution >= 4 is 46.7 Å². The molecule has 0 radical (unpaired) electrons. The zero-order chi connectivity index (χ0) is 22.8. The molecule has 1 aliphatic heterocycles. The Balaban J connectivity index is 1.58. The van der Waals surface area contributed by atoms with Crippen LogP contribution in [0.4, 0.5) is 11.5 Å². The second kappa shape index (κ2) is 9.18. The molecular formula is C23H21ClN4O3S. The highest BCUT2D eigenvalue weighted by Crippen LogP contribution is 2.31. The van der Waals surface area contributed by atoms with Crippen LogP contribution in [0.5, 0.6) is 0 Å². The van der Waals surface area contributed by atoms with Crippen molar-refractivity contribution in [1.82, 2.24) is 9.97 Å². The molecule has 164 valence electrons. The Hall–Kier alpha value is -3.10. The Morgan fingerprint density at radius 1 is 1.22 bits per heavy atom. The summed E-state index contributed by atoms with van der Waals surface area (Å²) in [6.07, 6.45) is -0.122. The van der Waals surface area contributed by atoms with Crippen LogP contribution in [0.3, 0.4) is 0 Å². The average molecular weight is 469 g/mol. The van der Waals surface area contributed by atoms with Gasteiger partial charge in [-0.1, -0.05) is 53.2 Å². The number of amides is 2. The van der Waals surface area contributed by atoms with E-state index < -0.39 is 17.4 Å². The third-order valence-electron chi connectivity index (χ3n) is 5.15. The SMILES string of the molecule is Cc1ccc(NC(=O)C2CC(=O)Nc3nc(SCc4cccc(Cl)c4)[nH]c(=O)c32)c(C)c1. The van der Waals surface area contributed by atoms with Crippen molar-refractivity contribution in [2.75, 3.05) is 10.6 Å². The summed E-state index contributed by atoms with van der Waals surface area (Å²) >= 11 is 7.32. The molecule has 32 heavy (non-hydrogen) atoms. The van der Waals surface area contributed by atoms with Gasteiger partial charge in [-0.05, 0) is 43.2 Å². The molecule has 1 aromatic heterocycles. The van der Waals surface area contributed by atoms with E-state index in [4.69, 9.17) is 11.6 Å². The average Bonchev–Trinajstić information content (AvgIpc) is 2.73. The molecule has 9 heteroatoms. The van der Waals surface area contributed by atoms with Crippen LogP contribution in [0.1, 0.15) is 34.6 Å². The molecule has 3 aromatic rings. The van der Waals surface area contributed by atoms with Crippen LogP contribution < -0.4 is 16.2 Å². The lowest BCUT2D eigenvalue weighted by molar-refractivity contribution is -0.123. The molecule has 3 N–H and O–H groups in total. The number of halogens is 1. The summed E-state index contributed by atoms with van der Waals surface area (Å²) in [6, 6.07) is 13.0. The molecule has 0 fully saturated rings. The predicted molar refractivity (Wildman–Crippen MR) is 126 cm³/mol. The molecule has 1 aliphatic rings. The third-order valence-corrected chi connectivity index (χ3v) is 6.33. The molecule has 2 heterocycles. The minimum Gasteiger partial charge on any atom is -0.325 e. The van der Waals surface area contributed by atoms with E-state index in [9.17, 15) is 14.4 Å². The molecule has 7 nitrogen and oxygen atoms in total. The summed E-state index contributed by atoms with van der Waals surface area (Å²) < 4.78 is 0. The number of fused-ring (bicyclic) bond motifs is 1. The molecule has 1 unspecified atom stereocenters. The van der Waals surface area contributed by atoms with E-state index in [0.29, 0.717) is 21.6 Å². The molecule has 0 aliphatic carbocycles. The largest absolute Gasteiger partial charge is 0.325 e. The number of aryl methyl sites for hydroxylation is 2. The summed E-state index contributed by atoms with van der Waals surface area (Å²) in [7, 11) is 0. The topological polar surface area (TPSA) is 104 Å². The molecule has 0 spiro atoms. The lowest BCUT2D eigenvalue weighted by Gasteiger charge is -2.24. The molecule has 0 saturated carbocycles. The van der Waals surface area contributed by atoms with E-state index in [1.54, 1.807) is 6.07 Å². The number of carbonyl (C=O) groups excluding carboxylic acids is 2. The highest BCUT2D eigenvalue weighted by molar-refractivity contribution is 7.98. The maximum absolute atomic E-state index is 13.0. The number of H-pyrrole nitrogens is 1. The van der Waals surface area contributed by atoms with Crippen molar-refractivity contribution in [2.24, 2.45) is 0 Å². The fraction of sp³-hybridized carbons (Fsp3) is 0.217. The van der Waals surface area contributed by atoms with E-state index in [0.717, 1.165) is 16.7 Å². The normalized spacial score (nSPS) is 15.1. The van der Waals surface area contributed by atoms with E-state index >= 15 is 0 Å². The van der Waals surface area contributed by atoms with Crippen molar-refractivity contribution in [3.63, 3.8) is 0 Å². The molecule has 2 aromatic carbocycles. The summed E-state index contributed by atoms with van der Waals surface area (Å²) in [5, 5.41) is 6.45. The Bertz CT molecular complexity index is 1270. The van der Waals surface area contributed by atoms with Crippen molar-refractivity contribution < 1.29 is 9.59 Å². The summed E-state index contributed by atoms with van der Waals surface area (Å²) in [4.78, 5) is 45.3. The highest BCUT2D eigenvalue weighted by atomic mass is 35.5. The number of aromatic nitrogens is 2. The Morgan fingerprint density at radius 2 is 2.03 bits per heavy atom. The second-order valence-electron chi connectivity index (χ2n) is 7.66. The summed E-state index contributed by atoms with van der Waals surface area (Å²) in [5.74, 6) is -1.05. The van der Waals surface area contributed by atoms with Gasteiger partial charge in [0, 0.05) is 22.9 Å². The van der Waals surface area contributed by atoms with E-state index in [2.05, 4.69) is 20.6 Å². The van der Waals surface area contributed by atoms with E-state index in [1.165, 1.54) is 11.8 Å². The summed E-state index contributed by atoms with van der Waals surface area (Å²) in [5.41, 5.74) is 3.32. The fourth-order valence-electron chi connectivity index (χ4n) is 3.60. The maximum Gasteiger partial charge on any atom is 0.257 e. The first-order valence-electron chi connectivity index (χ1n) is 9.99. The van der Waals surface area contributed by atoms with Gasteiger partial charge < -0.3 is 15.6 Å². The van der Waals surface area contributed by atoms with Gasteiger partial charge in [0.25, 0.3) is 5.56 Å². The lowest BCUT2D eigenvalue weighted by Crippen LogP contribution is -2.36. The number of carbonyl (C=O) groups is 2. The van der Waals surface area contributed by atoms with Gasteiger partial charge in [0.1, 0.15) is 5.82 Å². The van der Waals surface area contributed by atoms with Gasteiger partial charge >= 0.3 is 0 Å². The number of thioether (sulfide) groups is 1. The van der Waals surface area contributed by atoms with Crippen LogP contribution in [0.25, 0.3) is 0 Å². The first-order valence-corrected chi connectivity index (χ1v) is 11.4. The standard InChI is InChI=1S/C23H21ClN4O3S/c1-12-6-7-17(13(2)8-12)25-21(30)16-10-18(29)26-20-19(16)22(31)28-23(27-20)32-11-14-4-3-5-15(24)9-14/h3-9,16H,10-11H2,1-2H3,(H,25,30)(H2,26,27,28,29,31). The van der Waals surface area contributed by atoms with Crippen LogP contribution in [0.15, 0.2) is 52.4 Å². The van der Waals surface area contributed by atoms with Gasteiger partial charge in [0.2, 0.25) is 11.8 Å². The van der Waals surface area contributed by atoms with Crippen LogP contribution in [-0.4, -0.2) is 21.8 Å². The quantitative estimate of drug-likeness (QED) is 0.380. The zero-order valence-corrected chi connectivity index (χ0v) is 19.1. The van der Waals surface area contributed by atoms with Crippen molar-refractivity contribution in [3.8, 4) is 0 Å². The van der Waals surface area contributed by atoms with Gasteiger partial charge in [0.05, 0.1) is 11.5 Å². The predicted octanol–water partition coefficient (Wildman–Crippen LogP) is 4.40. The Morgan fingerprint density at radius 3 is 2.78 bits per heavy atom. The number of rotatable bonds is 5. The van der Waals surface area contributed by atoms with Crippen molar-refractivity contribution in [3.05, 3.63) is 80.1 Å². The van der Waals surface area contributed by atoms with Gasteiger partial charge in [-0.15, -0.1) is 0 Å². The first-order chi connectivity index (χ1) is 15.3. The summed E-state index contributed by atoms with van der Waals surface area (Å²) in [6.45, 7) is 3.86. The number of hydrogen-bond acceptors (Lipinski definition) is 5. The molecule has 4 rings (SSSR count). The number of aromatic amines is 1. The first kappa shape index (κ1) is 22.1. The Kier molecular flexibility index (Phi) is 6.34. The number of benzene rings is 2. The molecule has 0 saturated heterocycles. The minimum atomic E-state index is -0.928. The third kappa shape index (κ3) is 4.87. The van der Waals surface area contributed by atoms with Crippen molar-refractivity contribution in [1.29, 1.82) is 0 Å². The fourth-order valence-corrected chi connectivity index (χ4v) is 4.61. The Labute approximate surface area is 194 Å². The van der Waals surface area contributed by atoms with Gasteiger partial charge in [-0.3, -0.25) is 14.4 Å². The van der Waals surface area contributed by atoms with Crippen LogP contribution in [0.2, 0.25) is 5.02 Å². The number of anilines is 2. The van der Waals surface area contributed by atoms with Gasteiger partial charge in [-0.2, -0.15) is 0 Å². The molecular weight excluding hydrogens is 448 g/mol. The second-order valence-corrected chi connectivity index (χ2v) is 9.06. The smallest absolute Gasteiger partial charge is 0.257 e. The molecule has 2 amide bonds. The number of nitrogens with one attached hydrogen (secondary N) is 3.